The summed E-state index contributed by atoms with van der Waals surface area (Å²) in [5, 5.41) is 225. The third kappa shape index (κ3) is 19.8. The van der Waals surface area contributed by atoms with Crippen LogP contribution in [0.1, 0.15) is 0 Å². The van der Waals surface area contributed by atoms with Crippen LogP contribution in [0, 0.1) is 0 Å². The number of hydrogen-bond acceptors (Lipinski definition) is 24. The third-order valence-electron chi connectivity index (χ3n) is 10.6. The largest absolute Gasteiger partial charge is 1.00 e. The molecule has 0 aromatic carbocycles. The summed E-state index contributed by atoms with van der Waals surface area (Å²) in [4.78, 5) is -0.473. The second-order valence-electron chi connectivity index (χ2n) is 15.0. The van der Waals surface area contributed by atoms with Crippen LogP contribution in [0.25, 0.3) is 0 Å². The average molecular weight is 1100 g/mol. The van der Waals surface area contributed by atoms with E-state index in [0.717, 1.165) is 0 Å². The van der Waals surface area contributed by atoms with Gasteiger partial charge in [-0.2, -0.15) is 0 Å². The van der Waals surface area contributed by atoms with Crippen LogP contribution >= 0.6 is 0 Å². The fourth-order valence-corrected chi connectivity index (χ4v) is 18.2. The first-order chi connectivity index (χ1) is 28.0. The van der Waals surface area contributed by atoms with Crippen LogP contribution < -0.4 is 37.2 Å². The normalized spacial score (nSPS) is 35.4. The Morgan fingerprint density at radius 3 is 0.984 bits per heavy atom. The first-order valence-corrected chi connectivity index (χ1v) is 26.0. The zero-order chi connectivity index (χ0) is 46.3. The third-order valence-corrected chi connectivity index (χ3v) is 22.7. The standard InChI is InChI=1S/2C11H23O8S.C11H24O8Se.3ClH/c3*12-1-5(14)10(18)11(19)7(16)4-20-3-6(15)9(17)8(20)2-13;;;/h2*5-19H,1-4H2;5-20H,1-4H2;3*1H/q2*+1;;;;/p-3/t5-,6+,7+,8+,9-,10+,11+,20?;5-,6-,7-,8-,9+,10-,11-,20?;5-,6-,7-,8-,9+,10-,11-;;;/m011.../s1. The molecule has 0 spiro atoms. The summed E-state index contributed by atoms with van der Waals surface area (Å²) in [5.74, 6) is 0.315. The van der Waals surface area contributed by atoms with Gasteiger partial charge in [0, 0.05) is 21.8 Å². The van der Waals surface area contributed by atoms with E-state index in [1.165, 1.54) is 0 Å². The number of aliphatic hydroxyl groups is 24. The summed E-state index contributed by atoms with van der Waals surface area (Å²) in [6.07, 6.45) is -25.0. The Bertz CT molecular complexity index is 1030. The van der Waals surface area contributed by atoms with Crippen molar-refractivity contribution in [3.8, 4) is 0 Å². The second-order valence-corrected chi connectivity index (χ2v) is 25.0. The molecule has 0 aliphatic carbocycles. The van der Waals surface area contributed by atoms with Crippen molar-refractivity contribution < 1.29 is 160 Å². The summed E-state index contributed by atoms with van der Waals surface area (Å²) in [6.45, 7) is -3.27. The van der Waals surface area contributed by atoms with Gasteiger partial charge in [-0.3, -0.25) is 0 Å². The molecule has 3 saturated heterocycles. The van der Waals surface area contributed by atoms with Gasteiger partial charge in [-0.15, -0.1) is 0 Å². The van der Waals surface area contributed by atoms with Crippen LogP contribution in [-0.2, 0) is 21.8 Å². The van der Waals surface area contributed by atoms with Gasteiger partial charge in [-0.1, -0.05) is 0 Å². The molecule has 63 heavy (non-hydrogen) atoms. The molecule has 24 N–H and O–H groups in total. The average Bonchev–Trinajstić information content (AvgIpc) is 3.78. The molecule has 24 nitrogen and oxygen atoms in total. The van der Waals surface area contributed by atoms with Gasteiger partial charge in [0.05, 0.1) is 26.4 Å². The number of halogens is 3. The molecule has 3 fully saturated rings. The Kier molecular flexibility index (Phi) is 36.5. The maximum Gasteiger partial charge on any atom is 0.169 e. The van der Waals surface area contributed by atoms with Crippen molar-refractivity contribution in [3.63, 3.8) is 0 Å². The van der Waals surface area contributed by atoms with Crippen molar-refractivity contribution in [1.29, 1.82) is 0 Å². The van der Waals surface area contributed by atoms with Gasteiger partial charge in [0.2, 0.25) is 0 Å². The fraction of sp³-hybridized carbons (Fsp3) is 1.00. The van der Waals surface area contributed by atoms with E-state index in [9.17, 15) is 107 Å². The zero-order valence-corrected chi connectivity index (χ0v) is 39.5. The van der Waals surface area contributed by atoms with Crippen molar-refractivity contribution in [3.05, 3.63) is 0 Å². The molecule has 0 saturated carbocycles. The maximum absolute atomic E-state index is 9.87. The van der Waals surface area contributed by atoms with Crippen LogP contribution in [0.2, 0.25) is 15.5 Å². The van der Waals surface area contributed by atoms with Crippen molar-refractivity contribution >= 4 is 35.7 Å². The van der Waals surface area contributed by atoms with Crippen LogP contribution in [0.5, 0.6) is 0 Å². The number of aliphatic hydroxyl groups excluding tert-OH is 24. The molecular formula is C33H70Cl3O24S2Se-. The van der Waals surface area contributed by atoms with E-state index >= 15 is 0 Å². The van der Waals surface area contributed by atoms with Crippen molar-refractivity contribution in [2.45, 2.75) is 136 Å². The minimum Gasteiger partial charge on any atom is -1.00 e. The fourth-order valence-electron chi connectivity index (χ4n) is 6.65. The molecule has 3 aliphatic rings. The van der Waals surface area contributed by atoms with Gasteiger partial charge >= 0.3 is 120 Å². The summed E-state index contributed by atoms with van der Waals surface area (Å²) in [6, 6.07) is 0. The van der Waals surface area contributed by atoms with Crippen LogP contribution in [0.15, 0.2) is 0 Å². The Morgan fingerprint density at radius 2 is 0.698 bits per heavy atom. The SMILES string of the molecule is OC[C@@H](O)[C@@H](O)[C@H](O)[C@H](O)C[S+]1C[C@@H](O)[C@H](O)[C@H]1CO.OC[C@@H](O)[C@@H](O)[C@H](O)[C@H](O)C[SeH]1C[C@@H](O)[C@H](O)[C@H]1CO.OC[C@@H]1[C@@H](O)[C@H](O)C[S+]1C[C@@H](O)[C@@H](O)[C@H](O)[C@@H](O)CO.[Cl-].[Cl-].[Cl-]. The molecule has 24 atom stereocenters. The minimum absolute atomic E-state index is 0. The van der Waals surface area contributed by atoms with E-state index in [0.29, 0.717) is 5.32 Å². The summed E-state index contributed by atoms with van der Waals surface area (Å²) in [7, 11) is -1.45. The molecule has 386 valence electrons. The molecule has 3 rings (SSSR count). The second kappa shape index (κ2) is 33.6. The molecule has 3 heterocycles. The number of hydrogen-bond donors (Lipinski definition) is 24. The van der Waals surface area contributed by atoms with Gasteiger partial charge in [0.15, 0.2) is 10.5 Å². The number of rotatable bonds is 21. The van der Waals surface area contributed by atoms with Crippen molar-refractivity contribution in [2.24, 2.45) is 0 Å². The Labute approximate surface area is 392 Å². The van der Waals surface area contributed by atoms with E-state index in [4.69, 9.17) is 15.3 Å². The quantitative estimate of drug-likeness (QED) is 0.0375. The van der Waals surface area contributed by atoms with Gasteiger partial charge in [0.1, 0.15) is 96.3 Å². The molecule has 3 aliphatic heterocycles. The van der Waals surface area contributed by atoms with Gasteiger partial charge in [0.25, 0.3) is 0 Å². The van der Waals surface area contributed by atoms with Crippen LogP contribution in [-0.4, -0.2) is 319 Å². The maximum atomic E-state index is 9.87. The summed E-state index contributed by atoms with van der Waals surface area (Å²) >= 11 is -2.00. The smallest absolute Gasteiger partial charge is 0.169 e. The zero-order valence-electron chi connectivity index (χ0n) is 33.7. The predicted molar refractivity (Wildman–Crippen MR) is 213 cm³/mol. The molecule has 0 radical (unpaired) electrons. The topological polar surface area (TPSA) is 486 Å². The van der Waals surface area contributed by atoms with Crippen LogP contribution in [0.4, 0.5) is 0 Å². The van der Waals surface area contributed by atoms with E-state index in [-0.39, 0.29) is 85.4 Å². The van der Waals surface area contributed by atoms with E-state index in [2.05, 4.69) is 0 Å². The molecule has 0 aromatic rings. The molecular weight excluding hydrogens is 1030 g/mol. The van der Waals surface area contributed by atoms with Crippen molar-refractivity contribution in [1.82, 2.24) is 0 Å². The molecule has 0 aromatic heterocycles. The van der Waals surface area contributed by atoms with Crippen molar-refractivity contribution in [2.75, 3.05) is 62.7 Å². The van der Waals surface area contributed by atoms with E-state index in [1.54, 1.807) is 0 Å². The van der Waals surface area contributed by atoms with E-state index < -0.39 is 181 Å². The summed E-state index contributed by atoms with van der Waals surface area (Å²) < 4.78 is 0. The van der Waals surface area contributed by atoms with Gasteiger partial charge in [-0.05, 0) is 0 Å². The molecule has 0 bridgehead atoms. The molecule has 30 heteroatoms. The molecule has 0 amide bonds. The summed E-state index contributed by atoms with van der Waals surface area (Å²) in [5.41, 5.74) is 0. The monoisotopic (exact) mass is 1100 g/mol. The van der Waals surface area contributed by atoms with Gasteiger partial charge < -0.3 is 119 Å². The Balaban J connectivity index is -0.000000837. The molecule has 3 unspecified atom stereocenters. The van der Waals surface area contributed by atoms with E-state index in [1.807, 2.05) is 0 Å². The van der Waals surface area contributed by atoms with Gasteiger partial charge in [-0.25, -0.2) is 0 Å². The first-order valence-electron chi connectivity index (χ1n) is 19.0. The Morgan fingerprint density at radius 1 is 0.397 bits per heavy atom. The Hall–Kier alpha value is 1.13. The first kappa shape index (κ1) is 68.4. The minimum atomic E-state index is -2.00. The van der Waals surface area contributed by atoms with Crippen LogP contribution in [0.3, 0.4) is 0 Å². The predicted octanol–water partition coefficient (Wildman–Crippen LogP) is -23.0.